The highest BCUT2D eigenvalue weighted by Gasteiger charge is 2.24. The van der Waals surface area contributed by atoms with Crippen molar-refractivity contribution in [2.75, 3.05) is 13.2 Å². The Bertz CT molecular complexity index is 650. The van der Waals surface area contributed by atoms with E-state index in [4.69, 9.17) is 21.1 Å². The average molecular weight is 336 g/mol. The summed E-state index contributed by atoms with van der Waals surface area (Å²) >= 11 is 6.20. The van der Waals surface area contributed by atoms with Gasteiger partial charge in [-0.2, -0.15) is 0 Å². The highest BCUT2D eigenvalue weighted by Crippen LogP contribution is 2.33. The van der Waals surface area contributed by atoms with E-state index in [1.165, 1.54) is 5.57 Å². The molecule has 1 aliphatic rings. The van der Waals surface area contributed by atoms with Crippen molar-refractivity contribution in [3.63, 3.8) is 0 Å². The SMILES string of the molecule is CCOC(=O)c1c(Cl)nc(C)c(CC)c1OCC1=CC=CCC1. The number of allylic oxidation sites excluding steroid dienone is 3. The maximum absolute atomic E-state index is 12.3. The van der Waals surface area contributed by atoms with Gasteiger partial charge in [0.1, 0.15) is 23.1 Å². The molecule has 0 bridgehead atoms. The van der Waals surface area contributed by atoms with Crippen LogP contribution in [0.15, 0.2) is 23.8 Å². The van der Waals surface area contributed by atoms with Gasteiger partial charge < -0.3 is 9.47 Å². The molecule has 0 fully saturated rings. The van der Waals surface area contributed by atoms with Gasteiger partial charge in [-0.1, -0.05) is 36.8 Å². The first-order valence-electron chi connectivity index (χ1n) is 7.91. The Labute approximate surface area is 142 Å². The molecule has 0 saturated carbocycles. The molecule has 1 heterocycles. The van der Waals surface area contributed by atoms with Gasteiger partial charge in [0.05, 0.1) is 6.61 Å². The summed E-state index contributed by atoms with van der Waals surface area (Å²) in [5.74, 6) is 0.00567. The monoisotopic (exact) mass is 335 g/mol. The maximum Gasteiger partial charge on any atom is 0.345 e. The van der Waals surface area contributed by atoms with Crippen molar-refractivity contribution in [1.82, 2.24) is 4.98 Å². The Morgan fingerprint density at radius 1 is 1.39 bits per heavy atom. The molecule has 0 aliphatic heterocycles. The number of nitrogens with zero attached hydrogens (tertiary/aromatic N) is 1. The highest BCUT2D eigenvalue weighted by molar-refractivity contribution is 6.32. The van der Waals surface area contributed by atoms with Crippen molar-refractivity contribution < 1.29 is 14.3 Å². The third-order valence-electron chi connectivity index (χ3n) is 3.75. The van der Waals surface area contributed by atoms with Crippen molar-refractivity contribution >= 4 is 17.6 Å². The number of hydrogen-bond donors (Lipinski definition) is 0. The number of aromatic nitrogens is 1. The van der Waals surface area contributed by atoms with Crippen LogP contribution in [-0.2, 0) is 11.2 Å². The maximum atomic E-state index is 12.3. The summed E-state index contributed by atoms with van der Waals surface area (Å²) in [6.07, 6.45) is 8.88. The van der Waals surface area contributed by atoms with E-state index in [1.807, 2.05) is 19.9 Å². The summed E-state index contributed by atoms with van der Waals surface area (Å²) in [6.45, 7) is 6.34. The fourth-order valence-corrected chi connectivity index (χ4v) is 2.86. The minimum Gasteiger partial charge on any atom is -0.488 e. The largest absolute Gasteiger partial charge is 0.488 e. The Morgan fingerprint density at radius 2 is 2.17 bits per heavy atom. The molecule has 2 rings (SSSR count). The standard InChI is InChI=1S/C18H22ClNO3/c1-4-14-12(3)20-17(19)15(18(21)22-5-2)16(14)23-11-13-9-7-6-8-10-13/h6-7,9H,4-5,8,10-11H2,1-3H3. The number of pyridine rings is 1. The van der Waals surface area contributed by atoms with Gasteiger partial charge in [-0.25, -0.2) is 9.78 Å². The first-order valence-corrected chi connectivity index (χ1v) is 8.29. The molecule has 0 aromatic carbocycles. The number of ether oxygens (including phenoxy) is 2. The lowest BCUT2D eigenvalue weighted by atomic mass is 10.0. The normalized spacial score (nSPS) is 13.7. The van der Waals surface area contributed by atoms with Crippen molar-refractivity contribution in [1.29, 1.82) is 0 Å². The minimum absolute atomic E-state index is 0.130. The quantitative estimate of drug-likeness (QED) is 0.569. The number of halogens is 1. The van der Waals surface area contributed by atoms with E-state index in [1.54, 1.807) is 6.92 Å². The molecule has 0 spiro atoms. The average Bonchev–Trinajstić information content (AvgIpc) is 2.53. The molecule has 1 aromatic rings. The van der Waals surface area contributed by atoms with Crippen LogP contribution >= 0.6 is 11.6 Å². The first kappa shape index (κ1) is 17.5. The van der Waals surface area contributed by atoms with Gasteiger partial charge in [-0.15, -0.1) is 0 Å². The summed E-state index contributed by atoms with van der Waals surface area (Å²) in [4.78, 5) is 16.5. The fraction of sp³-hybridized carbons (Fsp3) is 0.444. The van der Waals surface area contributed by atoms with Crippen molar-refractivity contribution in [2.45, 2.75) is 40.0 Å². The Balaban J connectivity index is 2.38. The summed E-state index contributed by atoms with van der Waals surface area (Å²) in [7, 11) is 0. The van der Waals surface area contributed by atoms with Crippen LogP contribution in [0.5, 0.6) is 5.75 Å². The van der Waals surface area contributed by atoms with Crippen molar-refractivity contribution in [3.8, 4) is 5.75 Å². The smallest absolute Gasteiger partial charge is 0.345 e. The zero-order valence-electron chi connectivity index (χ0n) is 13.8. The fourth-order valence-electron chi connectivity index (χ4n) is 2.57. The van der Waals surface area contributed by atoms with E-state index < -0.39 is 5.97 Å². The molecular formula is C18H22ClNO3. The van der Waals surface area contributed by atoms with E-state index in [2.05, 4.69) is 17.1 Å². The van der Waals surface area contributed by atoms with Crippen LogP contribution in [0.3, 0.4) is 0 Å². The number of hydrogen-bond acceptors (Lipinski definition) is 4. The third kappa shape index (κ3) is 4.14. The Morgan fingerprint density at radius 3 is 2.78 bits per heavy atom. The van der Waals surface area contributed by atoms with Gasteiger partial charge in [0.2, 0.25) is 0 Å². The number of aryl methyl sites for hydroxylation is 1. The van der Waals surface area contributed by atoms with Crippen LogP contribution in [0, 0.1) is 6.92 Å². The van der Waals surface area contributed by atoms with E-state index >= 15 is 0 Å². The molecule has 1 aromatic heterocycles. The molecule has 1 aliphatic carbocycles. The van der Waals surface area contributed by atoms with Crippen LogP contribution in [0.25, 0.3) is 0 Å². The zero-order chi connectivity index (χ0) is 16.8. The topological polar surface area (TPSA) is 48.4 Å². The molecule has 0 amide bonds. The van der Waals surface area contributed by atoms with Crippen LogP contribution in [0.4, 0.5) is 0 Å². The molecule has 4 nitrogen and oxygen atoms in total. The number of rotatable bonds is 6. The summed E-state index contributed by atoms with van der Waals surface area (Å²) in [6, 6.07) is 0. The molecule has 0 radical (unpaired) electrons. The summed E-state index contributed by atoms with van der Waals surface area (Å²) in [5.41, 5.74) is 3.08. The van der Waals surface area contributed by atoms with Crippen LogP contribution in [0.2, 0.25) is 5.15 Å². The molecule has 0 saturated heterocycles. The van der Waals surface area contributed by atoms with Gasteiger partial charge in [0.15, 0.2) is 0 Å². The van der Waals surface area contributed by atoms with Gasteiger partial charge in [-0.05, 0) is 38.7 Å². The Hall–Kier alpha value is -1.81. The first-order chi connectivity index (χ1) is 11.1. The molecule has 0 atom stereocenters. The number of carbonyl (C=O) groups excluding carboxylic acids is 1. The zero-order valence-corrected chi connectivity index (χ0v) is 14.6. The molecule has 0 unspecified atom stereocenters. The summed E-state index contributed by atoms with van der Waals surface area (Å²) < 4.78 is 11.1. The predicted octanol–water partition coefficient (Wildman–Crippen LogP) is 4.44. The molecule has 23 heavy (non-hydrogen) atoms. The van der Waals surface area contributed by atoms with Gasteiger partial charge in [-0.3, -0.25) is 0 Å². The van der Waals surface area contributed by atoms with Gasteiger partial charge in [0.25, 0.3) is 0 Å². The second kappa shape index (κ2) is 8.16. The van der Waals surface area contributed by atoms with E-state index in [-0.39, 0.29) is 17.3 Å². The second-order valence-electron chi connectivity index (χ2n) is 5.33. The molecular weight excluding hydrogens is 314 g/mol. The molecule has 5 heteroatoms. The van der Waals surface area contributed by atoms with Crippen LogP contribution in [0.1, 0.15) is 48.3 Å². The summed E-state index contributed by atoms with van der Waals surface area (Å²) in [5, 5.41) is 0.130. The number of esters is 1. The van der Waals surface area contributed by atoms with E-state index in [9.17, 15) is 4.79 Å². The minimum atomic E-state index is -0.493. The van der Waals surface area contributed by atoms with Crippen molar-refractivity contribution in [3.05, 3.63) is 45.8 Å². The second-order valence-corrected chi connectivity index (χ2v) is 5.68. The predicted molar refractivity (Wildman–Crippen MR) is 91.3 cm³/mol. The lowest BCUT2D eigenvalue weighted by molar-refractivity contribution is 0.0521. The molecule has 0 N–H and O–H groups in total. The van der Waals surface area contributed by atoms with Crippen molar-refractivity contribution in [2.24, 2.45) is 0 Å². The van der Waals surface area contributed by atoms with Crippen LogP contribution < -0.4 is 4.74 Å². The van der Waals surface area contributed by atoms with Gasteiger partial charge in [0, 0.05) is 11.3 Å². The Kier molecular flexibility index (Phi) is 6.22. The third-order valence-corrected chi connectivity index (χ3v) is 4.02. The van der Waals surface area contributed by atoms with E-state index in [0.29, 0.717) is 18.8 Å². The van der Waals surface area contributed by atoms with Crippen LogP contribution in [-0.4, -0.2) is 24.2 Å². The highest BCUT2D eigenvalue weighted by atomic mass is 35.5. The lowest BCUT2D eigenvalue weighted by Gasteiger charge is -2.18. The number of carbonyl (C=O) groups is 1. The van der Waals surface area contributed by atoms with Gasteiger partial charge >= 0.3 is 5.97 Å². The molecule has 124 valence electrons. The lowest BCUT2D eigenvalue weighted by Crippen LogP contribution is -2.14. The van der Waals surface area contributed by atoms with E-state index in [0.717, 1.165) is 24.1 Å².